The maximum atomic E-state index is 10.6. The lowest BCUT2D eigenvalue weighted by Crippen LogP contribution is -2.72. The van der Waals surface area contributed by atoms with Gasteiger partial charge in [-0.15, -0.1) is 0 Å². The molecule has 1 heterocycles. The van der Waals surface area contributed by atoms with Gasteiger partial charge in [-0.25, -0.2) is 8.37 Å². The van der Waals surface area contributed by atoms with Crippen LogP contribution in [0, 0.1) is 0 Å². The molecule has 9 heteroatoms. The molecule has 0 aromatic carbocycles. The van der Waals surface area contributed by atoms with Crippen LogP contribution in [-0.4, -0.2) is 36.2 Å². The summed E-state index contributed by atoms with van der Waals surface area (Å²) in [6.45, 7) is 4.47. The van der Waals surface area contributed by atoms with Crippen LogP contribution < -0.4 is 11.0 Å². The Hall–Kier alpha value is -0.290. The van der Waals surface area contributed by atoms with Crippen LogP contribution in [0.25, 0.3) is 0 Å². The maximum absolute atomic E-state index is 10.6. The second kappa shape index (κ2) is 3.63. The fourth-order valence-corrected chi connectivity index (χ4v) is 1.84. The normalized spacial score (nSPS) is 25.7. The Labute approximate surface area is 87.4 Å². The summed E-state index contributed by atoms with van der Waals surface area (Å²) in [5, 5.41) is 17.9. The standard InChI is InChI=1S/C6H14N2O6S/c1-5(2,7-9)6(3,8-10)4-13-15(11,12)14-4/h4,7-10H,1-3H3. The highest BCUT2D eigenvalue weighted by Crippen LogP contribution is 2.34. The first-order valence-electron chi connectivity index (χ1n) is 4.12. The Kier molecular flexibility index (Phi) is 3.09. The first kappa shape index (κ1) is 12.8. The Bertz CT molecular complexity index is 330. The molecule has 0 aromatic heterocycles. The molecule has 1 atom stereocenters. The molecule has 1 aliphatic heterocycles. The lowest BCUT2D eigenvalue weighted by molar-refractivity contribution is -0.193. The van der Waals surface area contributed by atoms with Crippen molar-refractivity contribution in [2.24, 2.45) is 0 Å². The number of hydroxylamine groups is 2. The van der Waals surface area contributed by atoms with E-state index in [4.69, 9.17) is 10.4 Å². The van der Waals surface area contributed by atoms with Gasteiger partial charge in [-0.3, -0.25) is 0 Å². The minimum absolute atomic E-state index is 1.08. The van der Waals surface area contributed by atoms with Gasteiger partial charge >= 0.3 is 10.4 Å². The third kappa shape index (κ3) is 1.99. The molecule has 1 rings (SSSR count). The molecule has 1 saturated heterocycles. The van der Waals surface area contributed by atoms with E-state index >= 15 is 0 Å². The van der Waals surface area contributed by atoms with Crippen molar-refractivity contribution in [1.29, 1.82) is 0 Å². The van der Waals surface area contributed by atoms with Crippen LogP contribution in [0.5, 0.6) is 0 Å². The van der Waals surface area contributed by atoms with Crippen molar-refractivity contribution >= 4 is 10.4 Å². The van der Waals surface area contributed by atoms with Crippen molar-refractivity contribution in [3.63, 3.8) is 0 Å². The van der Waals surface area contributed by atoms with Crippen LogP contribution in [0.1, 0.15) is 20.8 Å². The lowest BCUT2D eigenvalue weighted by atomic mass is 9.81. The van der Waals surface area contributed by atoms with Crippen molar-refractivity contribution in [2.45, 2.75) is 38.1 Å². The highest BCUT2D eigenvalue weighted by atomic mass is 32.3. The van der Waals surface area contributed by atoms with E-state index in [0.717, 1.165) is 0 Å². The molecular weight excluding hydrogens is 228 g/mol. The zero-order valence-corrected chi connectivity index (χ0v) is 9.33. The zero-order chi connectivity index (χ0) is 11.9. The molecule has 15 heavy (non-hydrogen) atoms. The van der Waals surface area contributed by atoms with Gasteiger partial charge in [0, 0.05) is 0 Å². The molecule has 0 aliphatic carbocycles. The van der Waals surface area contributed by atoms with Gasteiger partial charge in [-0.05, 0) is 20.8 Å². The highest BCUT2D eigenvalue weighted by Gasteiger charge is 2.57. The van der Waals surface area contributed by atoms with Gasteiger partial charge in [0.15, 0.2) is 0 Å². The molecule has 0 saturated carbocycles. The Morgan fingerprint density at radius 2 is 1.60 bits per heavy atom. The average molecular weight is 242 g/mol. The predicted molar refractivity (Wildman–Crippen MR) is 47.2 cm³/mol. The number of rotatable bonds is 4. The van der Waals surface area contributed by atoms with E-state index in [1.807, 2.05) is 11.0 Å². The minimum Gasteiger partial charge on any atom is -0.316 e. The van der Waals surface area contributed by atoms with Crippen molar-refractivity contribution in [3.8, 4) is 0 Å². The van der Waals surface area contributed by atoms with E-state index in [0.29, 0.717) is 0 Å². The van der Waals surface area contributed by atoms with Crippen LogP contribution in [0.2, 0.25) is 0 Å². The first-order chi connectivity index (χ1) is 6.68. The molecular formula is C6H14N2O6S. The van der Waals surface area contributed by atoms with E-state index in [-0.39, 0.29) is 0 Å². The fraction of sp³-hybridized carbons (Fsp3) is 1.00. The molecule has 90 valence electrons. The zero-order valence-electron chi connectivity index (χ0n) is 8.51. The van der Waals surface area contributed by atoms with Crippen LogP contribution in [0.3, 0.4) is 0 Å². The average Bonchev–Trinajstić information content (AvgIpc) is 2.12. The van der Waals surface area contributed by atoms with Crippen LogP contribution >= 0.6 is 0 Å². The van der Waals surface area contributed by atoms with Gasteiger partial charge in [0.1, 0.15) is 5.54 Å². The molecule has 0 amide bonds. The maximum Gasteiger partial charge on any atom is 0.405 e. The van der Waals surface area contributed by atoms with Gasteiger partial charge in [-0.2, -0.15) is 19.4 Å². The summed E-state index contributed by atoms with van der Waals surface area (Å²) in [5.74, 6) is 0. The summed E-state index contributed by atoms with van der Waals surface area (Å²) in [5.41, 5.74) is 1.38. The van der Waals surface area contributed by atoms with E-state index in [9.17, 15) is 8.42 Å². The molecule has 1 unspecified atom stereocenters. The highest BCUT2D eigenvalue weighted by molar-refractivity contribution is 7.82. The van der Waals surface area contributed by atoms with Gasteiger partial charge in [-0.1, -0.05) is 0 Å². The summed E-state index contributed by atoms with van der Waals surface area (Å²) < 4.78 is 30.2. The van der Waals surface area contributed by atoms with Gasteiger partial charge in [0.25, 0.3) is 0 Å². The smallest absolute Gasteiger partial charge is 0.316 e. The molecule has 1 aliphatic rings. The van der Waals surface area contributed by atoms with Crippen molar-refractivity contribution < 1.29 is 27.2 Å². The molecule has 0 aromatic rings. The van der Waals surface area contributed by atoms with Gasteiger partial charge < -0.3 is 10.4 Å². The third-order valence-electron chi connectivity index (χ3n) is 2.69. The predicted octanol–water partition coefficient (Wildman–Crippen LogP) is -0.901. The largest absolute Gasteiger partial charge is 0.405 e. The van der Waals surface area contributed by atoms with Crippen molar-refractivity contribution in [3.05, 3.63) is 0 Å². The molecule has 8 nitrogen and oxygen atoms in total. The van der Waals surface area contributed by atoms with Crippen molar-refractivity contribution in [2.75, 3.05) is 0 Å². The molecule has 1 fully saturated rings. The van der Waals surface area contributed by atoms with Gasteiger partial charge in [0.2, 0.25) is 6.29 Å². The Balaban J connectivity index is 2.88. The number of hydrogen-bond donors (Lipinski definition) is 4. The van der Waals surface area contributed by atoms with Crippen LogP contribution in [-0.2, 0) is 18.8 Å². The van der Waals surface area contributed by atoms with Crippen molar-refractivity contribution in [1.82, 2.24) is 11.0 Å². The number of hydrogen-bond acceptors (Lipinski definition) is 8. The fourth-order valence-electron chi connectivity index (χ4n) is 1.02. The second-order valence-electron chi connectivity index (χ2n) is 3.98. The summed E-state index contributed by atoms with van der Waals surface area (Å²) in [6, 6.07) is 0. The Morgan fingerprint density at radius 1 is 1.13 bits per heavy atom. The molecule has 0 radical (unpaired) electrons. The number of nitrogens with one attached hydrogen (secondary N) is 2. The molecule has 4 N–H and O–H groups in total. The van der Waals surface area contributed by atoms with Crippen LogP contribution in [0.15, 0.2) is 0 Å². The van der Waals surface area contributed by atoms with E-state index < -0.39 is 27.8 Å². The lowest BCUT2D eigenvalue weighted by Gasteiger charge is -2.47. The summed E-state index contributed by atoms with van der Waals surface area (Å²) in [4.78, 5) is 0. The van der Waals surface area contributed by atoms with Gasteiger partial charge in [0.05, 0.1) is 5.54 Å². The molecule has 0 spiro atoms. The van der Waals surface area contributed by atoms with E-state index in [2.05, 4.69) is 8.37 Å². The van der Waals surface area contributed by atoms with E-state index in [1.165, 1.54) is 20.8 Å². The molecule has 0 bridgehead atoms. The van der Waals surface area contributed by atoms with Crippen LogP contribution in [0.4, 0.5) is 0 Å². The summed E-state index contributed by atoms with van der Waals surface area (Å²) in [7, 11) is -3.95. The monoisotopic (exact) mass is 242 g/mol. The summed E-state index contributed by atoms with van der Waals surface area (Å²) >= 11 is 0. The SMILES string of the molecule is CC(C)(NO)C(C)(NO)C1OS(=O)(=O)O1. The summed E-state index contributed by atoms with van der Waals surface area (Å²) in [6.07, 6.45) is -1.22. The Morgan fingerprint density at radius 3 is 1.87 bits per heavy atom. The third-order valence-corrected chi connectivity index (χ3v) is 3.51. The second-order valence-corrected chi connectivity index (χ2v) is 5.18. The van der Waals surface area contributed by atoms with E-state index in [1.54, 1.807) is 0 Å². The topological polar surface area (TPSA) is 117 Å². The first-order valence-corrected chi connectivity index (χ1v) is 5.46. The minimum atomic E-state index is -3.95. The quantitative estimate of drug-likeness (QED) is 0.468.